The molecule has 1 saturated carbocycles. The van der Waals surface area contributed by atoms with Crippen LogP contribution in [0.15, 0.2) is 46.9 Å². The Hall–Kier alpha value is -1.55. The van der Waals surface area contributed by atoms with Gasteiger partial charge >= 0.3 is 0 Å². The van der Waals surface area contributed by atoms with Crippen molar-refractivity contribution in [2.75, 3.05) is 0 Å². The highest BCUT2D eigenvalue weighted by Gasteiger charge is 2.45. The molecule has 1 aliphatic rings. The molecular formula is C16H11BrF2O. The van der Waals surface area contributed by atoms with Crippen LogP contribution < -0.4 is 0 Å². The highest BCUT2D eigenvalue weighted by Crippen LogP contribution is 2.49. The number of carbonyl (C=O) groups is 1. The number of hydrogen-bond acceptors (Lipinski definition) is 1. The molecule has 2 aromatic rings. The maximum Gasteiger partial charge on any atom is 0.172 e. The van der Waals surface area contributed by atoms with Gasteiger partial charge in [-0.2, -0.15) is 0 Å². The van der Waals surface area contributed by atoms with E-state index in [9.17, 15) is 13.6 Å². The number of halogens is 3. The summed E-state index contributed by atoms with van der Waals surface area (Å²) in [5.74, 6) is -2.30. The third kappa shape index (κ3) is 2.40. The van der Waals surface area contributed by atoms with Crippen LogP contribution in [0.1, 0.15) is 28.3 Å². The summed E-state index contributed by atoms with van der Waals surface area (Å²) in [5, 5.41) is 0. The summed E-state index contributed by atoms with van der Waals surface area (Å²) in [5.41, 5.74) is 0.625. The maximum atomic E-state index is 13.8. The molecule has 0 saturated heterocycles. The fourth-order valence-electron chi connectivity index (χ4n) is 2.52. The predicted octanol–water partition coefficient (Wildman–Crippen LogP) is 4.71. The van der Waals surface area contributed by atoms with Crippen molar-refractivity contribution in [3.63, 3.8) is 0 Å². The van der Waals surface area contributed by atoms with Gasteiger partial charge in [-0.05, 0) is 30.0 Å². The molecule has 3 rings (SSSR count). The van der Waals surface area contributed by atoms with Crippen LogP contribution in [0.4, 0.5) is 8.78 Å². The third-order valence-corrected chi connectivity index (χ3v) is 4.07. The number of Topliss-reactive ketones (excluding diaryl/α,β-unsaturated/α-hetero) is 1. The van der Waals surface area contributed by atoms with Gasteiger partial charge in [0, 0.05) is 10.4 Å². The average molecular weight is 337 g/mol. The van der Waals surface area contributed by atoms with Gasteiger partial charge in [0.1, 0.15) is 11.6 Å². The first-order chi connectivity index (χ1) is 9.58. The largest absolute Gasteiger partial charge is 0.294 e. The molecule has 1 aliphatic carbocycles. The molecule has 2 aromatic carbocycles. The van der Waals surface area contributed by atoms with Crippen LogP contribution >= 0.6 is 15.9 Å². The highest BCUT2D eigenvalue weighted by molar-refractivity contribution is 9.10. The van der Waals surface area contributed by atoms with Crippen molar-refractivity contribution in [3.05, 3.63) is 69.7 Å². The molecule has 4 heteroatoms. The molecule has 0 N–H and O–H groups in total. The van der Waals surface area contributed by atoms with Crippen LogP contribution in [0.5, 0.6) is 0 Å². The van der Waals surface area contributed by atoms with Crippen LogP contribution in [-0.2, 0) is 0 Å². The Morgan fingerprint density at radius 3 is 2.30 bits per heavy atom. The summed E-state index contributed by atoms with van der Waals surface area (Å²) < 4.78 is 27.9. The normalized spacial score (nSPS) is 20.8. The van der Waals surface area contributed by atoms with Gasteiger partial charge < -0.3 is 0 Å². The number of hydrogen-bond donors (Lipinski definition) is 0. The van der Waals surface area contributed by atoms with Crippen LogP contribution in [0.2, 0.25) is 0 Å². The van der Waals surface area contributed by atoms with E-state index in [1.54, 1.807) is 0 Å². The standard InChI is InChI=1S/C16H11BrF2O/c17-10-6-13(18)15(14(19)7-10)16(20)12-8-11(12)9-4-2-1-3-5-9/h1-7,11-12H,8H2. The van der Waals surface area contributed by atoms with Crippen LogP contribution in [-0.4, -0.2) is 5.78 Å². The van der Waals surface area contributed by atoms with Crippen LogP contribution in [0, 0.1) is 17.6 Å². The van der Waals surface area contributed by atoms with Gasteiger partial charge in [0.2, 0.25) is 0 Å². The van der Waals surface area contributed by atoms with Crippen LogP contribution in [0.3, 0.4) is 0 Å². The Balaban J connectivity index is 1.86. The van der Waals surface area contributed by atoms with Gasteiger partial charge in [0.05, 0.1) is 5.56 Å². The Labute approximate surface area is 123 Å². The van der Waals surface area contributed by atoms with E-state index in [0.717, 1.165) is 17.7 Å². The van der Waals surface area contributed by atoms with Crippen molar-refractivity contribution in [3.8, 4) is 0 Å². The molecule has 0 aromatic heterocycles. The van der Waals surface area contributed by atoms with E-state index in [-0.39, 0.29) is 11.8 Å². The molecule has 1 nitrogen and oxygen atoms in total. The van der Waals surface area contributed by atoms with E-state index < -0.39 is 23.0 Å². The first-order valence-electron chi connectivity index (χ1n) is 6.31. The second-order valence-corrected chi connectivity index (χ2v) is 5.88. The molecule has 0 amide bonds. The van der Waals surface area contributed by atoms with E-state index in [2.05, 4.69) is 15.9 Å². The lowest BCUT2D eigenvalue weighted by Gasteiger charge is -2.05. The molecule has 1 fully saturated rings. The van der Waals surface area contributed by atoms with Crippen LogP contribution in [0.25, 0.3) is 0 Å². The lowest BCUT2D eigenvalue weighted by molar-refractivity contribution is 0.0957. The first-order valence-corrected chi connectivity index (χ1v) is 7.11. The van der Waals surface area contributed by atoms with E-state index >= 15 is 0 Å². The highest BCUT2D eigenvalue weighted by atomic mass is 79.9. The number of benzene rings is 2. The minimum absolute atomic E-state index is 0.0751. The zero-order chi connectivity index (χ0) is 14.3. The lowest BCUT2D eigenvalue weighted by Crippen LogP contribution is -2.09. The van der Waals surface area contributed by atoms with Gasteiger partial charge in [-0.25, -0.2) is 8.78 Å². The minimum atomic E-state index is -0.805. The van der Waals surface area contributed by atoms with E-state index in [4.69, 9.17) is 0 Å². The average Bonchev–Trinajstić information content (AvgIpc) is 3.18. The molecule has 0 bridgehead atoms. The van der Waals surface area contributed by atoms with E-state index in [1.165, 1.54) is 0 Å². The molecule has 0 aliphatic heterocycles. The van der Waals surface area contributed by atoms with Gasteiger partial charge in [-0.15, -0.1) is 0 Å². The molecule has 2 atom stereocenters. The second kappa shape index (κ2) is 5.09. The smallest absolute Gasteiger partial charge is 0.172 e. The topological polar surface area (TPSA) is 17.1 Å². The summed E-state index contributed by atoms with van der Waals surface area (Å²) >= 11 is 3.01. The van der Waals surface area contributed by atoms with Crippen molar-refractivity contribution >= 4 is 21.7 Å². The minimum Gasteiger partial charge on any atom is -0.294 e. The SMILES string of the molecule is O=C(c1c(F)cc(Br)cc1F)C1CC1c1ccccc1. The zero-order valence-electron chi connectivity index (χ0n) is 10.4. The summed E-state index contributed by atoms with van der Waals surface area (Å²) in [6.07, 6.45) is 0.651. The molecule has 102 valence electrons. The van der Waals surface area contributed by atoms with Gasteiger partial charge in [-0.1, -0.05) is 46.3 Å². The Morgan fingerprint density at radius 2 is 1.70 bits per heavy atom. The summed E-state index contributed by atoms with van der Waals surface area (Å²) in [6, 6.07) is 11.8. The Morgan fingerprint density at radius 1 is 1.10 bits per heavy atom. The summed E-state index contributed by atoms with van der Waals surface area (Å²) in [4.78, 5) is 12.2. The van der Waals surface area contributed by atoms with Crippen molar-refractivity contribution < 1.29 is 13.6 Å². The van der Waals surface area contributed by atoms with Crippen molar-refractivity contribution in [2.45, 2.75) is 12.3 Å². The Kier molecular flexibility index (Phi) is 3.42. The fourth-order valence-corrected chi connectivity index (χ4v) is 2.92. The quantitative estimate of drug-likeness (QED) is 0.741. The van der Waals surface area contributed by atoms with Crippen molar-refractivity contribution in [2.24, 2.45) is 5.92 Å². The van der Waals surface area contributed by atoms with Gasteiger partial charge in [-0.3, -0.25) is 4.79 Å². The molecule has 20 heavy (non-hydrogen) atoms. The van der Waals surface area contributed by atoms with Crippen molar-refractivity contribution in [1.29, 1.82) is 0 Å². The molecule has 0 radical (unpaired) electrons. The molecule has 2 unspecified atom stereocenters. The maximum absolute atomic E-state index is 13.8. The Bertz CT molecular complexity index is 646. The number of carbonyl (C=O) groups excluding carboxylic acids is 1. The summed E-state index contributed by atoms with van der Waals surface area (Å²) in [7, 11) is 0. The van der Waals surface area contributed by atoms with Gasteiger partial charge in [0.15, 0.2) is 5.78 Å². The third-order valence-electron chi connectivity index (χ3n) is 3.61. The molecule has 0 spiro atoms. The fraction of sp³-hybridized carbons (Fsp3) is 0.188. The second-order valence-electron chi connectivity index (χ2n) is 4.97. The number of ketones is 1. The lowest BCUT2D eigenvalue weighted by atomic mass is 10.0. The monoisotopic (exact) mass is 336 g/mol. The van der Waals surface area contributed by atoms with E-state index in [0.29, 0.717) is 10.9 Å². The summed E-state index contributed by atoms with van der Waals surface area (Å²) in [6.45, 7) is 0. The number of rotatable bonds is 3. The molecular weight excluding hydrogens is 326 g/mol. The zero-order valence-corrected chi connectivity index (χ0v) is 12.0. The predicted molar refractivity (Wildman–Crippen MR) is 75.7 cm³/mol. The molecule has 0 heterocycles. The van der Waals surface area contributed by atoms with Crippen molar-refractivity contribution in [1.82, 2.24) is 0 Å². The van der Waals surface area contributed by atoms with Gasteiger partial charge in [0.25, 0.3) is 0 Å². The van der Waals surface area contributed by atoms with E-state index in [1.807, 2.05) is 30.3 Å². The first kappa shape index (κ1) is 13.4.